The molecule has 2 aliphatic heterocycles. The Morgan fingerprint density at radius 1 is 0.872 bits per heavy atom. The summed E-state index contributed by atoms with van der Waals surface area (Å²) in [6.45, 7) is 6.26. The molecule has 16 heteroatoms. The fourth-order valence-corrected chi connectivity index (χ4v) is 5.42. The summed E-state index contributed by atoms with van der Waals surface area (Å²) >= 11 is 0. The molecule has 2 fully saturated rings. The van der Waals surface area contributed by atoms with Crippen molar-refractivity contribution in [3.63, 3.8) is 0 Å². The Bertz CT molecular complexity index is 1420. The second-order valence-electron chi connectivity index (χ2n) is 11.4. The molecule has 0 spiro atoms. The average molecular weight is 654 g/mol. The van der Waals surface area contributed by atoms with Crippen molar-refractivity contribution in [3.05, 3.63) is 92.7 Å². The minimum Gasteiger partial charge on any atom is -0.457 e. The zero-order valence-corrected chi connectivity index (χ0v) is 26.5. The molecule has 2 aromatic carbocycles. The van der Waals surface area contributed by atoms with Gasteiger partial charge in [-0.2, -0.15) is 0 Å². The maximum absolute atomic E-state index is 13.3. The van der Waals surface area contributed by atoms with Crippen LogP contribution >= 0.6 is 0 Å². The molecule has 47 heavy (non-hydrogen) atoms. The van der Waals surface area contributed by atoms with Crippen LogP contribution in [0.15, 0.2) is 70.9 Å². The second-order valence-corrected chi connectivity index (χ2v) is 11.4. The van der Waals surface area contributed by atoms with Gasteiger partial charge in [0.25, 0.3) is 0 Å². The molecule has 4 unspecified atom stereocenters. The van der Waals surface area contributed by atoms with Gasteiger partial charge < -0.3 is 33.5 Å². The van der Waals surface area contributed by atoms with Crippen molar-refractivity contribution in [3.8, 4) is 0 Å². The van der Waals surface area contributed by atoms with Crippen LogP contribution in [-0.4, -0.2) is 84.0 Å². The lowest BCUT2D eigenvalue weighted by Gasteiger charge is -2.47. The number of benzene rings is 2. The smallest absolute Gasteiger partial charge is 0.412 e. The number of carbonyl (C=O) groups is 2. The second kappa shape index (κ2) is 17.0. The van der Waals surface area contributed by atoms with Crippen LogP contribution in [0, 0.1) is 5.92 Å². The number of carbonyl (C=O) groups excluding carboxylic acids is 2. The lowest BCUT2D eigenvalue weighted by atomic mass is 9.89. The fourth-order valence-electron chi connectivity index (χ4n) is 5.42. The SMILES string of the molecule is CC(=O)O[C@@H]1C(C)O[C@@H](O[C@@H]2C(N=[N+]=[N-])[C@H](OCN(Cc3ccccc3)C(=O)OCc3ccccc3)OC(C)[C@@H]2C)C(N=[N+]=[N-])[C@H]1O. The quantitative estimate of drug-likeness (QED) is 0.108. The maximum atomic E-state index is 13.3. The van der Waals surface area contributed by atoms with E-state index in [1.165, 1.54) is 11.8 Å². The molecule has 2 heterocycles. The van der Waals surface area contributed by atoms with Crippen LogP contribution in [0.2, 0.25) is 0 Å². The van der Waals surface area contributed by atoms with E-state index in [1.54, 1.807) is 20.8 Å². The van der Waals surface area contributed by atoms with Crippen molar-refractivity contribution in [2.75, 3.05) is 6.73 Å². The molecule has 0 aromatic heterocycles. The topological polar surface area (TPSA) is 211 Å². The van der Waals surface area contributed by atoms with Crippen LogP contribution in [0.1, 0.15) is 38.8 Å². The van der Waals surface area contributed by atoms with Crippen molar-refractivity contribution in [2.24, 2.45) is 16.1 Å². The summed E-state index contributed by atoms with van der Waals surface area (Å²) in [5, 5.41) is 18.6. The number of esters is 1. The van der Waals surface area contributed by atoms with Gasteiger partial charge in [-0.25, -0.2) is 4.79 Å². The summed E-state index contributed by atoms with van der Waals surface area (Å²) in [5.74, 6) is -1.06. The molecular formula is C31H39N7O9. The Balaban J connectivity index is 1.53. The molecule has 16 nitrogen and oxygen atoms in total. The Morgan fingerprint density at radius 2 is 1.47 bits per heavy atom. The molecular weight excluding hydrogens is 614 g/mol. The van der Waals surface area contributed by atoms with Gasteiger partial charge in [0.2, 0.25) is 0 Å². The Hall–Kier alpha value is -4.40. The first-order valence-electron chi connectivity index (χ1n) is 15.1. The number of hydrogen-bond donors (Lipinski definition) is 1. The van der Waals surface area contributed by atoms with Gasteiger partial charge in [0.05, 0.1) is 24.9 Å². The molecule has 4 rings (SSSR count). The number of rotatable bonds is 12. The standard InChI is InChI=1S/C31H39N7O9/c1-18-19(2)44-29(43-17-38(15-22-11-7-5-8-12-22)31(41)42-16-23-13-9-6-10-14-23)25(35-37-33)27(18)47-30-24(34-36-32)26(40)28(20(3)45-30)46-21(4)39/h5-14,18-20,24-30,40H,15-17H2,1-4H3/t18-,19?,20?,24?,25?,26+,27-,28+,29+,30-/m0/s1. The zero-order chi connectivity index (χ0) is 33.9. The van der Waals surface area contributed by atoms with E-state index in [0.717, 1.165) is 11.1 Å². The summed E-state index contributed by atoms with van der Waals surface area (Å²) in [6, 6.07) is 16.1. The molecule has 10 atom stereocenters. The third-order valence-corrected chi connectivity index (χ3v) is 8.04. The summed E-state index contributed by atoms with van der Waals surface area (Å²) < 4.78 is 35.2. The first-order chi connectivity index (χ1) is 22.6. The Kier molecular flexibility index (Phi) is 12.8. The lowest BCUT2D eigenvalue weighted by molar-refractivity contribution is -0.310. The third kappa shape index (κ3) is 9.33. The molecule has 2 aliphatic rings. The number of azide groups is 2. The van der Waals surface area contributed by atoms with E-state index in [4.69, 9.17) is 28.4 Å². The number of hydrogen-bond acceptors (Lipinski definition) is 11. The van der Waals surface area contributed by atoms with Crippen molar-refractivity contribution in [2.45, 2.75) is 96.0 Å². The number of aliphatic hydroxyl groups is 1. The first-order valence-corrected chi connectivity index (χ1v) is 15.1. The van der Waals surface area contributed by atoms with Gasteiger partial charge in [-0.15, -0.1) is 0 Å². The zero-order valence-electron chi connectivity index (χ0n) is 26.5. The summed E-state index contributed by atoms with van der Waals surface area (Å²) in [6.07, 6.45) is -7.94. The number of nitrogens with zero attached hydrogens (tertiary/aromatic N) is 7. The number of aliphatic hydroxyl groups excluding tert-OH is 1. The van der Waals surface area contributed by atoms with Crippen LogP contribution in [0.25, 0.3) is 20.9 Å². The predicted molar refractivity (Wildman–Crippen MR) is 165 cm³/mol. The largest absolute Gasteiger partial charge is 0.457 e. The van der Waals surface area contributed by atoms with Crippen molar-refractivity contribution in [1.29, 1.82) is 0 Å². The summed E-state index contributed by atoms with van der Waals surface area (Å²) in [7, 11) is 0. The van der Waals surface area contributed by atoms with Crippen molar-refractivity contribution in [1.82, 2.24) is 4.90 Å². The van der Waals surface area contributed by atoms with E-state index < -0.39 is 73.2 Å². The summed E-state index contributed by atoms with van der Waals surface area (Å²) in [4.78, 5) is 32.0. The number of amides is 1. The van der Waals surface area contributed by atoms with Gasteiger partial charge in [0, 0.05) is 22.7 Å². The Morgan fingerprint density at radius 3 is 2.09 bits per heavy atom. The maximum Gasteiger partial charge on any atom is 0.412 e. The van der Waals surface area contributed by atoms with Crippen LogP contribution < -0.4 is 0 Å². The van der Waals surface area contributed by atoms with Crippen LogP contribution in [0.4, 0.5) is 4.79 Å². The summed E-state index contributed by atoms with van der Waals surface area (Å²) in [5.41, 5.74) is 20.4. The van der Waals surface area contributed by atoms with E-state index in [9.17, 15) is 25.8 Å². The normalized spacial score (nSPS) is 30.2. The van der Waals surface area contributed by atoms with E-state index >= 15 is 0 Å². The molecule has 1 amide bonds. The van der Waals surface area contributed by atoms with Crippen LogP contribution in [-0.2, 0) is 46.4 Å². The minimum atomic E-state index is -1.45. The highest BCUT2D eigenvalue weighted by molar-refractivity contribution is 5.67. The van der Waals surface area contributed by atoms with E-state index in [1.807, 2.05) is 60.7 Å². The van der Waals surface area contributed by atoms with Gasteiger partial charge in [-0.3, -0.25) is 9.69 Å². The third-order valence-electron chi connectivity index (χ3n) is 8.04. The highest BCUT2D eigenvalue weighted by Crippen LogP contribution is 2.35. The molecule has 252 valence electrons. The van der Waals surface area contributed by atoms with Crippen LogP contribution in [0.5, 0.6) is 0 Å². The van der Waals surface area contributed by atoms with Crippen molar-refractivity contribution < 1.29 is 43.1 Å². The van der Waals surface area contributed by atoms with Crippen LogP contribution in [0.3, 0.4) is 0 Å². The van der Waals surface area contributed by atoms with E-state index in [-0.39, 0.29) is 19.9 Å². The first kappa shape index (κ1) is 35.5. The highest BCUT2D eigenvalue weighted by atomic mass is 16.7. The fraction of sp³-hybridized carbons (Fsp3) is 0.548. The molecule has 0 radical (unpaired) electrons. The van der Waals surface area contributed by atoms with Gasteiger partial charge in [-0.05, 0) is 36.0 Å². The highest BCUT2D eigenvalue weighted by Gasteiger charge is 2.50. The Labute approximate surface area is 271 Å². The van der Waals surface area contributed by atoms with E-state index in [0.29, 0.717) is 0 Å². The van der Waals surface area contributed by atoms with E-state index in [2.05, 4.69) is 20.1 Å². The molecule has 2 saturated heterocycles. The molecule has 2 aromatic rings. The van der Waals surface area contributed by atoms with Gasteiger partial charge in [0.15, 0.2) is 18.7 Å². The minimum absolute atomic E-state index is 0.0486. The lowest BCUT2D eigenvalue weighted by Crippen LogP contribution is -2.61. The van der Waals surface area contributed by atoms with Gasteiger partial charge >= 0.3 is 12.1 Å². The molecule has 1 N–H and O–H groups in total. The average Bonchev–Trinajstić information content (AvgIpc) is 3.06. The number of ether oxygens (including phenoxy) is 6. The monoisotopic (exact) mass is 653 g/mol. The molecule has 0 bridgehead atoms. The van der Waals surface area contributed by atoms with Crippen molar-refractivity contribution >= 4 is 12.1 Å². The molecule has 0 aliphatic carbocycles. The molecule has 0 saturated carbocycles. The van der Waals surface area contributed by atoms with Gasteiger partial charge in [-0.1, -0.05) is 77.8 Å². The van der Waals surface area contributed by atoms with Gasteiger partial charge in [0.1, 0.15) is 31.5 Å². The predicted octanol–water partition coefficient (Wildman–Crippen LogP) is 4.96.